The molecule has 4 atom stereocenters. The molecule has 0 amide bonds. The number of oxime groups is 1. The van der Waals surface area contributed by atoms with Crippen LogP contribution in [0.1, 0.15) is 61.6 Å². The maximum atomic E-state index is 12.3. The maximum Gasteiger partial charge on any atom is 0.339 e. The fourth-order valence-corrected chi connectivity index (χ4v) is 6.53. The van der Waals surface area contributed by atoms with Gasteiger partial charge in [0.05, 0.1) is 19.2 Å². The van der Waals surface area contributed by atoms with E-state index >= 15 is 0 Å². The van der Waals surface area contributed by atoms with Crippen LogP contribution in [0.4, 0.5) is 0 Å². The third-order valence-electron chi connectivity index (χ3n) is 8.12. The first-order chi connectivity index (χ1) is 15.1. The van der Waals surface area contributed by atoms with Gasteiger partial charge in [-0.05, 0) is 85.1 Å². The second-order valence-corrected chi connectivity index (χ2v) is 9.64. The summed E-state index contributed by atoms with van der Waals surface area (Å²) in [7, 11) is 1.74. The van der Waals surface area contributed by atoms with Gasteiger partial charge in [-0.25, -0.2) is 4.79 Å². The number of benzene rings is 2. The molecule has 0 radical (unpaired) electrons. The number of hydrogen-bond acceptors (Lipinski definition) is 4. The van der Waals surface area contributed by atoms with Gasteiger partial charge in [0.1, 0.15) is 5.75 Å². The van der Waals surface area contributed by atoms with Gasteiger partial charge in [-0.1, -0.05) is 48.5 Å². The minimum absolute atomic E-state index is 0.0537. The Bertz CT molecular complexity index is 999. The number of aryl methyl sites for hydroxylation is 1. The maximum absolute atomic E-state index is 12.3. The molecule has 0 saturated heterocycles. The van der Waals surface area contributed by atoms with E-state index in [-0.39, 0.29) is 17.8 Å². The Morgan fingerprint density at radius 1 is 1.10 bits per heavy atom. The monoisotopic (exact) mass is 417 g/mol. The van der Waals surface area contributed by atoms with Crippen molar-refractivity contribution in [2.75, 3.05) is 7.11 Å². The highest BCUT2D eigenvalue weighted by Gasteiger charge is 2.53. The second-order valence-electron chi connectivity index (χ2n) is 9.64. The minimum Gasteiger partial charge on any atom is -0.497 e. The molecule has 2 aromatic carbocycles. The highest BCUT2D eigenvalue weighted by molar-refractivity contribution is 5.92. The van der Waals surface area contributed by atoms with Crippen molar-refractivity contribution in [3.8, 4) is 5.75 Å². The molecule has 3 unspecified atom stereocenters. The van der Waals surface area contributed by atoms with Gasteiger partial charge in [-0.3, -0.25) is 0 Å². The first-order valence-corrected chi connectivity index (χ1v) is 11.6. The Morgan fingerprint density at radius 2 is 1.94 bits per heavy atom. The molecule has 0 aliphatic heterocycles. The predicted molar refractivity (Wildman–Crippen MR) is 121 cm³/mol. The Balaban J connectivity index is 1.30. The standard InChI is InChI=1S/C27H31NO3/c1-27-15-14-22-21-11-9-20(30-2)17-19(21)8-10-23(22)24(27)12-13-25(27)28-31-26(29)16-18-6-4-3-5-7-18/h3-7,9,11,17,22-24H,8,10,12-16H2,1-2H3/b28-25+/t22?,23?,24?,27-/m0/s1. The summed E-state index contributed by atoms with van der Waals surface area (Å²) >= 11 is 0. The summed E-state index contributed by atoms with van der Waals surface area (Å²) in [5.41, 5.74) is 5.10. The molecule has 3 aliphatic rings. The Hall–Kier alpha value is -2.62. The summed E-state index contributed by atoms with van der Waals surface area (Å²) in [6.45, 7) is 2.36. The SMILES string of the molecule is COc1ccc2c(c1)CCC1C2CC[C@]2(C)/C(=N/OC(=O)Cc3ccccc3)CCC12. The zero-order valence-electron chi connectivity index (χ0n) is 18.5. The third kappa shape index (κ3) is 3.66. The topological polar surface area (TPSA) is 47.9 Å². The average molecular weight is 418 g/mol. The van der Waals surface area contributed by atoms with Crippen LogP contribution < -0.4 is 4.74 Å². The van der Waals surface area contributed by atoms with Crippen LogP contribution in [-0.2, 0) is 22.5 Å². The van der Waals surface area contributed by atoms with E-state index in [0.29, 0.717) is 17.8 Å². The van der Waals surface area contributed by atoms with Crippen LogP contribution in [0.3, 0.4) is 0 Å². The lowest BCUT2D eigenvalue weighted by Gasteiger charge is -2.49. The summed E-state index contributed by atoms with van der Waals surface area (Å²) in [6, 6.07) is 16.4. The predicted octanol–water partition coefficient (Wildman–Crippen LogP) is 5.69. The average Bonchev–Trinajstić information content (AvgIpc) is 3.14. The van der Waals surface area contributed by atoms with Crippen molar-refractivity contribution in [2.45, 2.75) is 57.8 Å². The van der Waals surface area contributed by atoms with Gasteiger partial charge in [0.2, 0.25) is 0 Å². The van der Waals surface area contributed by atoms with Gasteiger partial charge in [0.25, 0.3) is 0 Å². The van der Waals surface area contributed by atoms with E-state index in [0.717, 1.165) is 42.7 Å². The number of nitrogens with zero attached hydrogens (tertiary/aromatic N) is 1. The van der Waals surface area contributed by atoms with Gasteiger partial charge in [0.15, 0.2) is 0 Å². The quantitative estimate of drug-likeness (QED) is 0.474. The van der Waals surface area contributed by atoms with Crippen molar-refractivity contribution in [1.29, 1.82) is 0 Å². The fraction of sp³-hybridized carbons (Fsp3) is 0.481. The van der Waals surface area contributed by atoms with E-state index < -0.39 is 0 Å². The van der Waals surface area contributed by atoms with E-state index in [1.807, 2.05) is 30.3 Å². The summed E-state index contributed by atoms with van der Waals surface area (Å²) in [5, 5.41) is 4.43. The van der Waals surface area contributed by atoms with Crippen molar-refractivity contribution < 1.29 is 14.4 Å². The van der Waals surface area contributed by atoms with Crippen molar-refractivity contribution >= 4 is 11.7 Å². The number of carbonyl (C=O) groups excluding carboxylic acids is 1. The van der Waals surface area contributed by atoms with E-state index in [9.17, 15) is 4.79 Å². The zero-order valence-corrected chi connectivity index (χ0v) is 18.5. The van der Waals surface area contributed by atoms with E-state index in [4.69, 9.17) is 9.57 Å². The smallest absolute Gasteiger partial charge is 0.339 e. The number of hydrogen-bond donors (Lipinski definition) is 0. The van der Waals surface area contributed by atoms with Gasteiger partial charge in [-0.15, -0.1) is 0 Å². The van der Waals surface area contributed by atoms with E-state index in [2.05, 4.69) is 30.3 Å². The molecule has 0 bridgehead atoms. The van der Waals surface area contributed by atoms with Crippen molar-refractivity contribution in [3.63, 3.8) is 0 Å². The number of methoxy groups -OCH3 is 1. The molecular weight excluding hydrogens is 386 g/mol. The zero-order chi connectivity index (χ0) is 21.4. The summed E-state index contributed by atoms with van der Waals surface area (Å²) in [4.78, 5) is 17.7. The van der Waals surface area contributed by atoms with Crippen LogP contribution in [0.2, 0.25) is 0 Å². The lowest BCUT2D eigenvalue weighted by molar-refractivity contribution is -0.142. The molecule has 4 nitrogen and oxygen atoms in total. The molecule has 0 heterocycles. The van der Waals surface area contributed by atoms with E-state index in [1.54, 1.807) is 7.11 Å². The van der Waals surface area contributed by atoms with Gasteiger partial charge < -0.3 is 9.57 Å². The van der Waals surface area contributed by atoms with Gasteiger partial charge >= 0.3 is 5.97 Å². The first kappa shape index (κ1) is 20.3. The van der Waals surface area contributed by atoms with Crippen molar-refractivity contribution in [1.82, 2.24) is 0 Å². The van der Waals surface area contributed by atoms with Crippen LogP contribution in [-0.4, -0.2) is 18.8 Å². The molecule has 5 rings (SSSR count). The lowest BCUT2D eigenvalue weighted by Crippen LogP contribution is -2.42. The number of fused-ring (bicyclic) bond motifs is 5. The Morgan fingerprint density at radius 3 is 2.74 bits per heavy atom. The highest BCUT2D eigenvalue weighted by atomic mass is 16.7. The fourth-order valence-electron chi connectivity index (χ4n) is 6.53. The first-order valence-electron chi connectivity index (χ1n) is 11.6. The van der Waals surface area contributed by atoms with E-state index in [1.165, 1.54) is 24.0 Å². The Kier molecular flexibility index (Phi) is 5.33. The molecule has 0 aromatic heterocycles. The van der Waals surface area contributed by atoms with Crippen LogP contribution in [0, 0.1) is 17.3 Å². The lowest BCUT2D eigenvalue weighted by atomic mass is 9.55. The molecule has 2 saturated carbocycles. The Labute approximate surface area is 184 Å². The number of carbonyl (C=O) groups is 1. The summed E-state index contributed by atoms with van der Waals surface area (Å²) < 4.78 is 5.44. The second kappa shape index (κ2) is 8.14. The molecule has 4 heteroatoms. The molecular formula is C27H31NO3. The van der Waals surface area contributed by atoms with Crippen molar-refractivity contribution in [3.05, 3.63) is 65.2 Å². The third-order valence-corrected chi connectivity index (χ3v) is 8.12. The number of ether oxygens (including phenoxy) is 1. The molecule has 0 spiro atoms. The molecule has 2 aromatic rings. The van der Waals surface area contributed by atoms with Crippen LogP contribution >= 0.6 is 0 Å². The summed E-state index contributed by atoms with van der Waals surface area (Å²) in [5.74, 6) is 2.62. The van der Waals surface area contributed by atoms with Crippen molar-refractivity contribution in [2.24, 2.45) is 22.4 Å². The minimum atomic E-state index is -0.278. The summed E-state index contributed by atoms with van der Waals surface area (Å²) in [6.07, 6.45) is 7.00. The highest BCUT2D eigenvalue weighted by Crippen LogP contribution is 2.60. The molecule has 31 heavy (non-hydrogen) atoms. The normalized spacial score (nSPS) is 30.3. The molecule has 162 valence electrons. The van der Waals surface area contributed by atoms with Crippen LogP contribution in [0.25, 0.3) is 0 Å². The number of rotatable bonds is 4. The molecule has 3 aliphatic carbocycles. The van der Waals surface area contributed by atoms with Gasteiger partial charge in [0, 0.05) is 5.41 Å². The van der Waals surface area contributed by atoms with Gasteiger partial charge in [-0.2, -0.15) is 0 Å². The van der Waals surface area contributed by atoms with Crippen LogP contribution in [0.15, 0.2) is 53.7 Å². The molecule has 2 fully saturated rings. The molecule has 0 N–H and O–H groups in total. The largest absolute Gasteiger partial charge is 0.497 e. The van der Waals surface area contributed by atoms with Crippen LogP contribution in [0.5, 0.6) is 5.75 Å².